The molecule has 1 atom stereocenters. The number of hydrogen-bond acceptors (Lipinski definition) is 3. The minimum Gasteiger partial charge on any atom is -0.341 e. The minimum atomic E-state index is -0.211. The Balaban J connectivity index is 1.79. The third-order valence-corrected chi connectivity index (χ3v) is 3.06. The standard InChI is InChI=1S/C15H14N4O/c1-10(17-15(20)13-8-4-5-9-16-13)14-18-11-6-2-3-7-12(11)19-14/h2-10H,1H3,(H,17,20)(H,18,19). The molecule has 3 aromatic rings. The van der Waals surface area contributed by atoms with E-state index in [0.717, 1.165) is 16.9 Å². The number of imidazole rings is 1. The molecule has 3 rings (SSSR count). The van der Waals surface area contributed by atoms with Crippen molar-refractivity contribution in [3.63, 3.8) is 0 Å². The summed E-state index contributed by atoms with van der Waals surface area (Å²) in [6.45, 7) is 1.89. The lowest BCUT2D eigenvalue weighted by molar-refractivity contribution is 0.0933. The fourth-order valence-electron chi connectivity index (χ4n) is 2.01. The molecule has 1 aromatic carbocycles. The second-order valence-corrected chi connectivity index (χ2v) is 4.55. The summed E-state index contributed by atoms with van der Waals surface area (Å²) in [5.41, 5.74) is 2.25. The maximum absolute atomic E-state index is 12.0. The van der Waals surface area contributed by atoms with Gasteiger partial charge in [-0.15, -0.1) is 0 Å². The van der Waals surface area contributed by atoms with Gasteiger partial charge >= 0.3 is 0 Å². The molecular weight excluding hydrogens is 252 g/mol. The van der Waals surface area contributed by atoms with Crippen LogP contribution in [0.2, 0.25) is 0 Å². The zero-order chi connectivity index (χ0) is 13.9. The van der Waals surface area contributed by atoms with E-state index in [9.17, 15) is 4.79 Å². The summed E-state index contributed by atoms with van der Waals surface area (Å²) in [6.07, 6.45) is 1.60. The van der Waals surface area contributed by atoms with Crippen LogP contribution in [0.25, 0.3) is 11.0 Å². The highest BCUT2D eigenvalue weighted by Crippen LogP contribution is 2.15. The van der Waals surface area contributed by atoms with Crippen LogP contribution in [0.15, 0.2) is 48.7 Å². The van der Waals surface area contributed by atoms with Crippen molar-refractivity contribution < 1.29 is 4.79 Å². The van der Waals surface area contributed by atoms with Crippen molar-refractivity contribution in [2.75, 3.05) is 0 Å². The van der Waals surface area contributed by atoms with Crippen molar-refractivity contribution in [3.8, 4) is 0 Å². The van der Waals surface area contributed by atoms with E-state index in [1.54, 1.807) is 24.4 Å². The first-order chi connectivity index (χ1) is 9.74. The highest BCUT2D eigenvalue weighted by atomic mass is 16.1. The maximum atomic E-state index is 12.0. The number of aromatic amines is 1. The van der Waals surface area contributed by atoms with Gasteiger partial charge in [0.2, 0.25) is 0 Å². The SMILES string of the molecule is CC(NC(=O)c1ccccn1)c1nc2ccccc2[nH]1. The van der Waals surface area contributed by atoms with Crippen LogP contribution in [0, 0.1) is 0 Å². The number of pyridine rings is 1. The number of nitrogens with one attached hydrogen (secondary N) is 2. The molecule has 2 heterocycles. The molecule has 2 N–H and O–H groups in total. The number of hydrogen-bond donors (Lipinski definition) is 2. The summed E-state index contributed by atoms with van der Waals surface area (Å²) in [4.78, 5) is 23.7. The Morgan fingerprint density at radius 1 is 1.20 bits per heavy atom. The molecule has 0 spiro atoms. The summed E-state index contributed by atoms with van der Waals surface area (Å²) in [7, 11) is 0. The van der Waals surface area contributed by atoms with Crippen LogP contribution in [0.4, 0.5) is 0 Å². The van der Waals surface area contributed by atoms with E-state index < -0.39 is 0 Å². The monoisotopic (exact) mass is 266 g/mol. The first-order valence-corrected chi connectivity index (χ1v) is 6.40. The van der Waals surface area contributed by atoms with Gasteiger partial charge in [0, 0.05) is 6.20 Å². The van der Waals surface area contributed by atoms with Crippen LogP contribution >= 0.6 is 0 Å². The molecule has 1 amide bonds. The van der Waals surface area contributed by atoms with E-state index in [0.29, 0.717) is 5.69 Å². The van der Waals surface area contributed by atoms with Crippen molar-refractivity contribution in [3.05, 3.63) is 60.2 Å². The van der Waals surface area contributed by atoms with Crippen LogP contribution in [0.1, 0.15) is 29.3 Å². The fourth-order valence-corrected chi connectivity index (χ4v) is 2.01. The predicted molar refractivity (Wildman–Crippen MR) is 76.2 cm³/mol. The van der Waals surface area contributed by atoms with Crippen LogP contribution in [0.5, 0.6) is 0 Å². The topological polar surface area (TPSA) is 70.7 Å². The first-order valence-electron chi connectivity index (χ1n) is 6.40. The minimum absolute atomic E-state index is 0.210. The van der Waals surface area contributed by atoms with Gasteiger partial charge in [-0.2, -0.15) is 0 Å². The van der Waals surface area contributed by atoms with Gasteiger partial charge in [-0.1, -0.05) is 18.2 Å². The summed E-state index contributed by atoms with van der Waals surface area (Å²) in [5.74, 6) is 0.522. The second-order valence-electron chi connectivity index (χ2n) is 4.55. The zero-order valence-electron chi connectivity index (χ0n) is 11.0. The number of carbonyl (C=O) groups excluding carboxylic acids is 1. The lowest BCUT2D eigenvalue weighted by atomic mass is 10.3. The molecule has 5 heteroatoms. The molecular formula is C15H14N4O. The number of fused-ring (bicyclic) bond motifs is 1. The molecule has 100 valence electrons. The number of aromatic nitrogens is 3. The number of rotatable bonds is 3. The van der Waals surface area contributed by atoms with Gasteiger partial charge in [-0.3, -0.25) is 9.78 Å². The lowest BCUT2D eigenvalue weighted by Gasteiger charge is -2.10. The Morgan fingerprint density at radius 2 is 2.00 bits per heavy atom. The normalized spacial score (nSPS) is 12.2. The Morgan fingerprint density at radius 3 is 2.75 bits per heavy atom. The molecule has 0 fully saturated rings. The molecule has 20 heavy (non-hydrogen) atoms. The number of carbonyl (C=O) groups is 1. The van der Waals surface area contributed by atoms with Crippen LogP contribution < -0.4 is 5.32 Å². The maximum Gasteiger partial charge on any atom is 0.270 e. The van der Waals surface area contributed by atoms with Gasteiger partial charge in [0.05, 0.1) is 17.1 Å². The number of para-hydroxylation sites is 2. The highest BCUT2D eigenvalue weighted by molar-refractivity contribution is 5.92. The smallest absolute Gasteiger partial charge is 0.270 e. The number of nitrogens with zero attached hydrogens (tertiary/aromatic N) is 2. The Bertz CT molecular complexity index is 703. The van der Waals surface area contributed by atoms with Crippen LogP contribution in [-0.2, 0) is 0 Å². The highest BCUT2D eigenvalue weighted by Gasteiger charge is 2.15. The molecule has 0 aliphatic carbocycles. The molecule has 1 unspecified atom stereocenters. The quantitative estimate of drug-likeness (QED) is 0.765. The summed E-state index contributed by atoms with van der Waals surface area (Å²) in [5, 5.41) is 2.88. The van der Waals surface area contributed by atoms with E-state index in [-0.39, 0.29) is 11.9 Å². The van der Waals surface area contributed by atoms with Gasteiger partial charge in [-0.05, 0) is 31.2 Å². The molecule has 0 aliphatic heterocycles. The van der Waals surface area contributed by atoms with Gasteiger partial charge < -0.3 is 10.3 Å². The number of benzene rings is 1. The van der Waals surface area contributed by atoms with Crippen molar-refractivity contribution in [1.82, 2.24) is 20.3 Å². The fraction of sp³-hybridized carbons (Fsp3) is 0.133. The average molecular weight is 266 g/mol. The summed E-state index contributed by atoms with van der Waals surface area (Å²) in [6, 6.07) is 12.8. The third kappa shape index (κ3) is 2.38. The van der Waals surface area contributed by atoms with Crippen molar-refractivity contribution in [1.29, 1.82) is 0 Å². The van der Waals surface area contributed by atoms with Crippen LogP contribution in [-0.4, -0.2) is 20.9 Å². The zero-order valence-corrected chi connectivity index (χ0v) is 11.0. The van der Waals surface area contributed by atoms with Gasteiger partial charge in [0.25, 0.3) is 5.91 Å². The van der Waals surface area contributed by atoms with Gasteiger partial charge in [-0.25, -0.2) is 4.98 Å². The number of amides is 1. The van der Waals surface area contributed by atoms with E-state index in [1.165, 1.54) is 0 Å². The molecule has 2 aromatic heterocycles. The third-order valence-electron chi connectivity index (χ3n) is 3.06. The molecule has 0 saturated carbocycles. The van der Waals surface area contributed by atoms with E-state index >= 15 is 0 Å². The first kappa shape index (κ1) is 12.3. The molecule has 0 bridgehead atoms. The lowest BCUT2D eigenvalue weighted by Crippen LogP contribution is -2.28. The van der Waals surface area contributed by atoms with Gasteiger partial charge in [0.15, 0.2) is 0 Å². The van der Waals surface area contributed by atoms with Gasteiger partial charge in [0.1, 0.15) is 11.5 Å². The predicted octanol–water partition coefficient (Wildman–Crippen LogP) is 2.45. The molecule has 0 saturated heterocycles. The Hall–Kier alpha value is -2.69. The molecule has 0 aliphatic rings. The summed E-state index contributed by atoms with van der Waals surface area (Å²) >= 11 is 0. The van der Waals surface area contributed by atoms with Crippen LogP contribution in [0.3, 0.4) is 0 Å². The number of H-pyrrole nitrogens is 1. The molecule has 0 radical (unpaired) electrons. The van der Waals surface area contributed by atoms with Crippen molar-refractivity contribution >= 4 is 16.9 Å². The second kappa shape index (κ2) is 5.13. The average Bonchev–Trinajstić information content (AvgIpc) is 2.92. The van der Waals surface area contributed by atoms with Crippen molar-refractivity contribution in [2.45, 2.75) is 13.0 Å². The largest absolute Gasteiger partial charge is 0.341 e. The molecule has 5 nitrogen and oxygen atoms in total. The Labute approximate surface area is 116 Å². The van der Waals surface area contributed by atoms with E-state index in [4.69, 9.17) is 0 Å². The van der Waals surface area contributed by atoms with Crippen molar-refractivity contribution in [2.24, 2.45) is 0 Å². The Kier molecular flexibility index (Phi) is 3.16. The summed E-state index contributed by atoms with van der Waals surface area (Å²) < 4.78 is 0. The van der Waals surface area contributed by atoms with E-state index in [2.05, 4.69) is 20.3 Å². The van der Waals surface area contributed by atoms with E-state index in [1.807, 2.05) is 31.2 Å².